The molecule has 7 nitrogen and oxygen atoms in total. The van der Waals surface area contributed by atoms with Crippen molar-refractivity contribution < 1.29 is 14.3 Å². The van der Waals surface area contributed by atoms with Crippen molar-refractivity contribution in [3.05, 3.63) is 96.1 Å². The van der Waals surface area contributed by atoms with Gasteiger partial charge in [0.15, 0.2) is 5.11 Å². The minimum Gasteiger partial charge on any atom is -0.427 e. The van der Waals surface area contributed by atoms with E-state index in [9.17, 15) is 9.59 Å². The number of carbonyl (C=O) groups is 2. The van der Waals surface area contributed by atoms with Crippen LogP contribution in [0.1, 0.15) is 17.3 Å². The molecule has 5 rings (SSSR count). The van der Waals surface area contributed by atoms with Crippen molar-refractivity contribution in [2.45, 2.75) is 16.8 Å². The molecular formula is C28H20N4O3S3. The van der Waals surface area contributed by atoms with Gasteiger partial charge >= 0.3 is 5.97 Å². The highest BCUT2D eigenvalue weighted by Crippen LogP contribution is 2.41. The lowest BCUT2D eigenvalue weighted by Crippen LogP contribution is -2.34. The number of hydrogen-bond acceptors (Lipinski definition) is 8. The van der Waals surface area contributed by atoms with E-state index >= 15 is 0 Å². The number of fused-ring (bicyclic) bond motifs is 1. The van der Waals surface area contributed by atoms with Crippen molar-refractivity contribution in [1.29, 1.82) is 0 Å². The molecule has 5 aromatic rings. The highest BCUT2D eigenvalue weighted by molar-refractivity contribution is 7.99. The zero-order chi connectivity index (χ0) is 26.5. The molecule has 2 heterocycles. The number of benzene rings is 3. The van der Waals surface area contributed by atoms with E-state index < -0.39 is 11.9 Å². The van der Waals surface area contributed by atoms with Gasteiger partial charge in [-0.3, -0.25) is 14.9 Å². The number of nitrogens with zero attached hydrogens (tertiary/aromatic N) is 2. The number of esters is 1. The van der Waals surface area contributed by atoms with Gasteiger partial charge in [0.05, 0.1) is 11.1 Å². The molecule has 0 radical (unpaired) electrons. The van der Waals surface area contributed by atoms with Gasteiger partial charge in [0, 0.05) is 28.3 Å². The molecule has 0 aliphatic heterocycles. The number of anilines is 1. The Kier molecular flexibility index (Phi) is 7.73. The third-order valence-electron chi connectivity index (χ3n) is 5.35. The third kappa shape index (κ3) is 5.88. The highest BCUT2D eigenvalue weighted by Gasteiger charge is 2.16. The number of hydrogen-bond donors (Lipinski definition) is 2. The number of aromatic nitrogens is 2. The van der Waals surface area contributed by atoms with Crippen LogP contribution >= 0.6 is 35.3 Å². The Hall–Kier alpha value is -4.12. The number of thiophene rings is 1. The van der Waals surface area contributed by atoms with Crippen LogP contribution in [0.15, 0.2) is 100 Å². The van der Waals surface area contributed by atoms with Crippen LogP contribution in [-0.2, 0) is 4.79 Å². The summed E-state index contributed by atoms with van der Waals surface area (Å²) in [7, 11) is 0. The van der Waals surface area contributed by atoms with Gasteiger partial charge < -0.3 is 10.1 Å². The molecular weight excluding hydrogens is 537 g/mol. The van der Waals surface area contributed by atoms with Gasteiger partial charge in [0.1, 0.15) is 21.9 Å². The topological polar surface area (TPSA) is 93.2 Å². The van der Waals surface area contributed by atoms with Crippen LogP contribution in [0, 0.1) is 0 Å². The average molecular weight is 557 g/mol. The maximum Gasteiger partial charge on any atom is 0.308 e. The van der Waals surface area contributed by atoms with Crippen LogP contribution in [-0.4, -0.2) is 27.0 Å². The van der Waals surface area contributed by atoms with Crippen molar-refractivity contribution in [3.63, 3.8) is 0 Å². The van der Waals surface area contributed by atoms with E-state index in [0.717, 1.165) is 37.0 Å². The first-order valence-corrected chi connectivity index (χ1v) is 13.5. The van der Waals surface area contributed by atoms with Crippen LogP contribution in [0.2, 0.25) is 0 Å². The number of para-hydroxylation sites is 1. The van der Waals surface area contributed by atoms with Crippen LogP contribution in [0.4, 0.5) is 5.69 Å². The lowest BCUT2D eigenvalue weighted by molar-refractivity contribution is -0.131. The molecule has 3 aromatic carbocycles. The highest BCUT2D eigenvalue weighted by atomic mass is 32.2. The quantitative estimate of drug-likeness (QED) is 0.105. The molecule has 0 saturated heterocycles. The summed E-state index contributed by atoms with van der Waals surface area (Å²) >= 11 is 8.50. The van der Waals surface area contributed by atoms with Gasteiger partial charge in [-0.25, -0.2) is 9.97 Å². The minimum atomic E-state index is -0.465. The molecule has 2 N–H and O–H groups in total. The Balaban J connectivity index is 1.36. The van der Waals surface area contributed by atoms with E-state index in [2.05, 4.69) is 38.1 Å². The summed E-state index contributed by atoms with van der Waals surface area (Å²) in [5.41, 5.74) is 3.21. The molecule has 1 amide bonds. The van der Waals surface area contributed by atoms with E-state index in [0.29, 0.717) is 5.56 Å². The Morgan fingerprint density at radius 1 is 0.974 bits per heavy atom. The molecule has 0 fully saturated rings. The number of nitrogens with one attached hydrogen (secondary N) is 2. The smallest absolute Gasteiger partial charge is 0.308 e. The summed E-state index contributed by atoms with van der Waals surface area (Å²) in [6, 6.07) is 24.1. The molecule has 0 bridgehead atoms. The molecule has 0 aliphatic carbocycles. The maximum absolute atomic E-state index is 12.7. The second-order valence-corrected chi connectivity index (χ2v) is 10.3. The summed E-state index contributed by atoms with van der Waals surface area (Å²) in [5, 5.41) is 9.85. The fourth-order valence-corrected chi connectivity index (χ4v) is 5.89. The lowest BCUT2D eigenvalue weighted by atomic mass is 10.1. The third-order valence-corrected chi connectivity index (χ3v) is 7.52. The summed E-state index contributed by atoms with van der Waals surface area (Å²) in [6.07, 6.45) is 1.57. The van der Waals surface area contributed by atoms with Gasteiger partial charge in [0.25, 0.3) is 5.91 Å². The van der Waals surface area contributed by atoms with Gasteiger partial charge in [0.2, 0.25) is 0 Å². The summed E-state index contributed by atoms with van der Waals surface area (Å²) in [4.78, 5) is 34.8. The average Bonchev–Trinajstić information content (AvgIpc) is 3.35. The fraction of sp³-hybridized carbons (Fsp3) is 0.0357. The fourth-order valence-electron chi connectivity index (χ4n) is 3.71. The second kappa shape index (κ2) is 11.5. The molecule has 0 unspecified atom stereocenters. The molecule has 0 aliphatic rings. The maximum atomic E-state index is 12.7. The molecule has 188 valence electrons. The number of ether oxygens (including phenoxy) is 1. The first kappa shape index (κ1) is 25.5. The SMILES string of the molecule is CC(=O)Oc1cccc(C(=O)NC(=S)Nc2ccccc2Sc2ncnc3scc(-c4ccccc4)c23)c1. The molecule has 0 atom stereocenters. The number of carbonyl (C=O) groups excluding carboxylic acids is 2. The first-order valence-electron chi connectivity index (χ1n) is 11.4. The number of amides is 1. The number of rotatable bonds is 6. The molecule has 2 aromatic heterocycles. The van der Waals surface area contributed by atoms with Gasteiger partial charge in [-0.1, -0.05) is 60.3 Å². The largest absolute Gasteiger partial charge is 0.427 e. The standard InChI is InChI=1S/C28H20N4O3S3/c1-17(33)35-20-11-7-10-19(14-20)25(34)32-28(36)31-22-12-5-6-13-23(22)38-27-24-21(18-8-3-2-4-9-18)15-37-26(24)29-16-30-27/h2-16H,1H3,(H2,31,32,34,36). The van der Waals surface area contributed by atoms with Crippen LogP contribution in [0.3, 0.4) is 0 Å². The minimum absolute atomic E-state index is 0.134. The summed E-state index contributed by atoms with van der Waals surface area (Å²) in [5.74, 6) is -0.608. The molecule has 10 heteroatoms. The predicted octanol–water partition coefficient (Wildman–Crippen LogP) is 6.56. The Morgan fingerprint density at radius 3 is 2.58 bits per heavy atom. The second-order valence-electron chi connectivity index (χ2n) is 8.00. The summed E-state index contributed by atoms with van der Waals surface area (Å²) < 4.78 is 5.06. The zero-order valence-electron chi connectivity index (χ0n) is 20.0. The van der Waals surface area contributed by atoms with Gasteiger partial charge in [-0.05, 0) is 48.1 Å². The van der Waals surface area contributed by atoms with Gasteiger partial charge in [-0.15, -0.1) is 11.3 Å². The van der Waals surface area contributed by atoms with Crippen molar-refractivity contribution in [2.24, 2.45) is 0 Å². The molecule has 38 heavy (non-hydrogen) atoms. The van der Waals surface area contributed by atoms with E-state index in [1.54, 1.807) is 35.9 Å². The van der Waals surface area contributed by atoms with Crippen LogP contribution in [0.5, 0.6) is 5.75 Å². The van der Waals surface area contributed by atoms with Crippen molar-refractivity contribution in [2.75, 3.05) is 5.32 Å². The number of thiocarbonyl (C=S) groups is 1. The van der Waals surface area contributed by atoms with E-state index in [4.69, 9.17) is 17.0 Å². The van der Waals surface area contributed by atoms with Crippen molar-refractivity contribution >= 4 is 68.2 Å². The Morgan fingerprint density at radius 2 is 1.76 bits per heavy atom. The predicted molar refractivity (Wildman–Crippen MR) is 155 cm³/mol. The zero-order valence-corrected chi connectivity index (χ0v) is 22.5. The molecule has 0 spiro atoms. The normalized spacial score (nSPS) is 10.7. The van der Waals surface area contributed by atoms with E-state index in [-0.39, 0.29) is 10.9 Å². The van der Waals surface area contributed by atoms with Crippen molar-refractivity contribution in [1.82, 2.24) is 15.3 Å². The molecule has 0 saturated carbocycles. The van der Waals surface area contributed by atoms with E-state index in [1.807, 2.05) is 42.5 Å². The monoisotopic (exact) mass is 556 g/mol. The first-order chi connectivity index (χ1) is 18.5. The van der Waals surface area contributed by atoms with Crippen molar-refractivity contribution in [3.8, 4) is 16.9 Å². The van der Waals surface area contributed by atoms with Crippen LogP contribution < -0.4 is 15.4 Å². The summed E-state index contributed by atoms with van der Waals surface area (Å²) in [6.45, 7) is 1.30. The van der Waals surface area contributed by atoms with Crippen LogP contribution in [0.25, 0.3) is 21.3 Å². The van der Waals surface area contributed by atoms with Gasteiger partial charge in [-0.2, -0.15) is 0 Å². The van der Waals surface area contributed by atoms with E-state index in [1.165, 1.54) is 24.8 Å². The lowest BCUT2D eigenvalue weighted by Gasteiger charge is -2.14. The Bertz CT molecular complexity index is 1650. The Labute approximate surface area is 232 Å².